The van der Waals surface area contributed by atoms with Crippen molar-refractivity contribution in [2.45, 2.75) is 31.7 Å². The fourth-order valence-electron chi connectivity index (χ4n) is 3.46. The van der Waals surface area contributed by atoms with E-state index in [4.69, 9.17) is 0 Å². The molecule has 5 nitrogen and oxygen atoms in total. The number of guanidine groups is 1. The van der Waals surface area contributed by atoms with E-state index in [0.717, 1.165) is 31.3 Å². The molecule has 6 heteroatoms. The second-order valence-corrected chi connectivity index (χ2v) is 7.99. The van der Waals surface area contributed by atoms with Gasteiger partial charge in [-0.15, -0.1) is 11.8 Å². The van der Waals surface area contributed by atoms with E-state index in [2.05, 4.69) is 64.5 Å². The Hall–Kier alpha value is -1.95. The van der Waals surface area contributed by atoms with Crippen LogP contribution in [0.1, 0.15) is 23.4 Å². The molecule has 26 heavy (non-hydrogen) atoms. The number of hydrogen-bond donors (Lipinski definition) is 1. The van der Waals surface area contributed by atoms with Crippen LogP contribution < -0.4 is 5.32 Å². The van der Waals surface area contributed by atoms with E-state index in [1.165, 1.54) is 28.3 Å². The van der Waals surface area contributed by atoms with Crippen LogP contribution in [0.3, 0.4) is 0 Å². The van der Waals surface area contributed by atoms with Gasteiger partial charge in [-0.3, -0.25) is 9.67 Å². The maximum Gasteiger partial charge on any atom is 0.193 e. The van der Waals surface area contributed by atoms with E-state index >= 15 is 0 Å². The highest BCUT2D eigenvalue weighted by Crippen LogP contribution is 2.26. The van der Waals surface area contributed by atoms with Gasteiger partial charge >= 0.3 is 0 Å². The van der Waals surface area contributed by atoms with Gasteiger partial charge in [-0.2, -0.15) is 5.10 Å². The number of aryl methyl sites for hydroxylation is 2. The second-order valence-electron chi connectivity index (χ2n) is 6.90. The summed E-state index contributed by atoms with van der Waals surface area (Å²) < 4.78 is 1.95. The molecule has 1 aliphatic rings. The van der Waals surface area contributed by atoms with Gasteiger partial charge in [0.25, 0.3) is 0 Å². The lowest BCUT2D eigenvalue weighted by Crippen LogP contribution is -2.39. The molecule has 0 bridgehead atoms. The highest BCUT2D eigenvalue weighted by atomic mass is 32.2. The average molecular weight is 372 g/mol. The van der Waals surface area contributed by atoms with Crippen LogP contribution in [0.2, 0.25) is 0 Å². The van der Waals surface area contributed by atoms with Crippen LogP contribution in [-0.4, -0.2) is 46.5 Å². The summed E-state index contributed by atoms with van der Waals surface area (Å²) in [5.74, 6) is 2.87. The van der Waals surface area contributed by atoms with Crippen molar-refractivity contribution in [3.05, 3.63) is 47.3 Å². The standard InChI is InChI=1S/C20H29N5S/c1-15-19(16(2)24(4)23-15)12-22-20(21-3)25-11-10-17(13-25)14-26-18-8-6-5-7-9-18/h5-9,17H,10-14H2,1-4H3,(H,21,22). The topological polar surface area (TPSA) is 45.5 Å². The Bertz CT molecular complexity index is 753. The molecular formula is C20H29N5S. The van der Waals surface area contributed by atoms with Gasteiger partial charge in [0.05, 0.1) is 5.69 Å². The van der Waals surface area contributed by atoms with E-state index in [1.807, 2.05) is 30.5 Å². The van der Waals surface area contributed by atoms with Crippen LogP contribution in [0, 0.1) is 19.8 Å². The molecular weight excluding hydrogens is 342 g/mol. The Morgan fingerprint density at radius 1 is 1.31 bits per heavy atom. The molecule has 0 spiro atoms. The minimum atomic E-state index is 0.709. The molecule has 0 radical (unpaired) electrons. The molecule has 1 aromatic heterocycles. The summed E-state index contributed by atoms with van der Waals surface area (Å²) in [7, 11) is 3.87. The number of nitrogens with one attached hydrogen (secondary N) is 1. The monoisotopic (exact) mass is 371 g/mol. The van der Waals surface area contributed by atoms with Gasteiger partial charge < -0.3 is 10.2 Å². The molecule has 1 aliphatic heterocycles. The Balaban J connectivity index is 1.51. The Labute approximate surface area is 160 Å². The Morgan fingerprint density at radius 3 is 2.73 bits per heavy atom. The molecule has 1 aromatic carbocycles. The van der Waals surface area contributed by atoms with Gasteiger partial charge in [0.15, 0.2) is 5.96 Å². The van der Waals surface area contributed by atoms with Crippen molar-refractivity contribution in [2.24, 2.45) is 18.0 Å². The van der Waals surface area contributed by atoms with Crippen LogP contribution in [0.5, 0.6) is 0 Å². The Kier molecular flexibility index (Phi) is 6.25. The minimum absolute atomic E-state index is 0.709. The average Bonchev–Trinajstić information content (AvgIpc) is 3.21. The van der Waals surface area contributed by atoms with Crippen molar-refractivity contribution < 1.29 is 0 Å². The summed E-state index contributed by atoms with van der Waals surface area (Å²) in [6.07, 6.45) is 1.23. The van der Waals surface area contributed by atoms with Gasteiger partial charge in [-0.25, -0.2) is 0 Å². The lowest BCUT2D eigenvalue weighted by atomic mass is 10.2. The third kappa shape index (κ3) is 4.41. The fourth-order valence-corrected chi connectivity index (χ4v) is 4.51. The molecule has 140 valence electrons. The van der Waals surface area contributed by atoms with Crippen molar-refractivity contribution in [3.63, 3.8) is 0 Å². The molecule has 0 saturated carbocycles. The van der Waals surface area contributed by atoms with Gasteiger partial charge in [-0.05, 0) is 38.3 Å². The zero-order chi connectivity index (χ0) is 18.5. The highest BCUT2D eigenvalue weighted by Gasteiger charge is 2.25. The van der Waals surface area contributed by atoms with Crippen LogP contribution in [-0.2, 0) is 13.6 Å². The smallest absolute Gasteiger partial charge is 0.193 e. The van der Waals surface area contributed by atoms with Crippen molar-refractivity contribution in [1.82, 2.24) is 20.0 Å². The molecule has 0 aliphatic carbocycles. The van der Waals surface area contributed by atoms with Crippen molar-refractivity contribution in [2.75, 3.05) is 25.9 Å². The first kappa shape index (κ1) is 18.8. The van der Waals surface area contributed by atoms with Crippen LogP contribution in [0.4, 0.5) is 0 Å². The summed E-state index contributed by atoms with van der Waals surface area (Å²) in [5, 5.41) is 8.03. The van der Waals surface area contributed by atoms with Crippen molar-refractivity contribution >= 4 is 17.7 Å². The number of nitrogens with zero attached hydrogens (tertiary/aromatic N) is 4. The molecule has 1 saturated heterocycles. The molecule has 0 amide bonds. The number of likely N-dealkylation sites (tertiary alicyclic amines) is 1. The van der Waals surface area contributed by atoms with Gasteiger partial charge in [0, 0.05) is 55.6 Å². The zero-order valence-corrected chi connectivity index (χ0v) is 17.0. The summed E-state index contributed by atoms with van der Waals surface area (Å²) in [4.78, 5) is 8.24. The maximum atomic E-state index is 4.50. The van der Waals surface area contributed by atoms with Crippen molar-refractivity contribution in [1.29, 1.82) is 0 Å². The Morgan fingerprint density at radius 2 is 2.08 bits per heavy atom. The number of aliphatic imine (C=N–C) groups is 1. The number of rotatable bonds is 5. The number of aromatic nitrogens is 2. The summed E-state index contributed by atoms with van der Waals surface area (Å²) >= 11 is 1.96. The second kappa shape index (κ2) is 8.62. The predicted molar refractivity (Wildman–Crippen MR) is 110 cm³/mol. The van der Waals surface area contributed by atoms with Crippen LogP contribution in [0.15, 0.2) is 40.2 Å². The van der Waals surface area contributed by atoms with Crippen LogP contribution >= 0.6 is 11.8 Å². The van der Waals surface area contributed by atoms with E-state index in [0.29, 0.717) is 5.92 Å². The SMILES string of the molecule is CN=C(NCc1c(C)nn(C)c1C)N1CCC(CSc2ccccc2)C1. The first-order valence-corrected chi connectivity index (χ1v) is 10.2. The summed E-state index contributed by atoms with van der Waals surface area (Å²) in [6, 6.07) is 10.7. The van der Waals surface area contributed by atoms with Gasteiger partial charge in [0.1, 0.15) is 0 Å². The van der Waals surface area contributed by atoms with Gasteiger partial charge in [0.2, 0.25) is 0 Å². The lowest BCUT2D eigenvalue weighted by Gasteiger charge is -2.22. The third-order valence-corrected chi connectivity index (χ3v) is 6.35. The number of hydrogen-bond acceptors (Lipinski definition) is 3. The number of benzene rings is 1. The lowest BCUT2D eigenvalue weighted by molar-refractivity contribution is 0.474. The molecule has 1 fully saturated rings. The van der Waals surface area contributed by atoms with E-state index < -0.39 is 0 Å². The summed E-state index contributed by atoms with van der Waals surface area (Å²) in [6.45, 7) is 7.11. The molecule has 1 unspecified atom stereocenters. The van der Waals surface area contributed by atoms with Crippen molar-refractivity contribution in [3.8, 4) is 0 Å². The van der Waals surface area contributed by atoms with E-state index in [9.17, 15) is 0 Å². The van der Waals surface area contributed by atoms with Gasteiger partial charge in [-0.1, -0.05) is 18.2 Å². The molecule has 1 N–H and O–H groups in total. The van der Waals surface area contributed by atoms with Crippen LogP contribution in [0.25, 0.3) is 0 Å². The van der Waals surface area contributed by atoms with E-state index in [-0.39, 0.29) is 0 Å². The summed E-state index contributed by atoms with van der Waals surface area (Å²) in [5.41, 5.74) is 3.57. The molecule has 2 heterocycles. The first-order chi connectivity index (χ1) is 12.6. The fraction of sp³-hybridized carbons (Fsp3) is 0.500. The quantitative estimate of drug-likeness (QED) is 0.498. The largest absolute Gasteiger partial charge is 0.352 e. The first-order valence-electron chi connectivity index (χ1n) is 9.21. The predicted octanol–water partition coefficient (Wildman–Crippen LogP) is 3.23. The molecule has 1 atom stereocenters. The molecule has 2 aromatic rings. The minimum Gasteiger partial charge on any atom is -0.352 e. The number of thioether (sulfide) groups is 1. The van der Waals surface area contributed by atoms with E-state index in [1.54, 1.807) is 0 Å². The third-order valence-electron chi connectivity index (χ3n) is 5.11. The zero-order valence-electron chi connectivity index (χ0n) is 16.2. The maximum absolute atomic E-state index is 4.50. The highest BCUT2D eigenvalue weighted by molar-refractivity contribution is 7.99. The molecule has 3 rings (SSSR count). The normalized spacial score (nSPS) is 17.8.